The summed E-state index contributed by atoms with van der Waals surface area (Å²) in [7, 11) is 0. The lowest BCUT2D eigenvalue weighted by Gasteiger charge is -2.18. The Morgan fingerprint density at radius 3 is 2.85 bits per heavy atom. The Bertz CT molecular complexity index is 833. The molecule has 0 fully saturated rings. The van der Waals surface area contributed by atoms with Crippen LogP contribution in [-0.4, -0.2) is 21.7 Å². The molecule has 0 bridgehead atoms. The van der Waals surface area contributed by atoms with Crippen LogP contribution in [0.2, 0.25) is 0 Å². The number of ether oxygens (including phenoxy) is 1. The van der Waals surface area contributed by atoms with E-state index in [9.17, 15) is 0 Å². The molecular formula is C20H23N5O. The summed E-state index contributed by atoms with van der Waals surface area (Å²) in [4.78, 5) is 4.52. The predicted octanol–water partition coefficient (Wildman–Crippen LogP) is 3.42. The van der Waals surface area contributed by atoms with Gasteiger partial charge in [0.15, 0.2) is 11.6 Å². The van der Waals surface area contributed by atoms with Crippen molar-refractivity contribution in [3.63, 3.8) is 0 Å². The van der Waals surface area contributed by atoms with Crippen LogP contribution in [0.3, 0.4) is 0 Å². The standard InChI is InChI=1S/C20H23N5O/c1-2-7-15(8-3-1)26-14-20-23-19(24-25-20)13-22-18-11-6-12-21-17-10-5-4-9-16(17)18/h1-5,7-10,18,21-22H,6,11-14H2,(H,23,24,25). The second kappa shape index (κ2) is 8.01. The van der Waals surface area contributed by atoms with Crippen molar-refractivity contribution in [1.82, 2.24) is 20.5 Å². The Morgan fingerprint density at radius 2 is 1.92 bits per heavy atom. The molecule has 0 amide bonds. The number of nitrogens with zero attached hydrogens (tertiary/aromatic N) is 2. The molecule has 134 valence electrons. The van der Waals surface area contributed by atoms with Crippen LogP contribution >= 0.6 is 0 Å². The molecule has 1 aliphatic rings. The maximum absolute atomic E-state index is 5.70. The van der Waals surface area contributed by atoms with Crippen molar-refractivity contribution in [2.75, 3.05) is 11.9 Å². The van der Waals surface area contributed by atoms with Gasteiger partial charge in [-0.15, -0.1) is 0 Å². The van der Waals surface area contributed by atoms with E-state index in [1.807, 2.05) is 30.3 Å². The Balaban J connectivity index is 1.35. The Hall–Kier alpha value is -2.86. The second-order valence-electron chi connectivity index (χ2n) is 6.39. The van der Waals surface area contributed by atoms with Crippen molar-refractivity contribution in [1.29, 1.82) is 0 Å². The number of nitrogens with one attached hydrogen (secondary N) is 3. The topological polar surface area (TPSA) is 74.9 Å². The van der Waals surface area contributed by atoms with Crippen LogP contribution in [0.5, 0.6) is 5.75 Å². The molecule has 1 atom stereocenters. The van der Waals surface area contributed by atoms with E-state index in [-0.39, 0.29) is 0 Å². The van der Waals surface area contributed by atoms with Crippen molar-refractivity contribution in [3.8, 4) is 5.75 Å². The SMILES string of the molecule is c1ccc(OCc2nc(CNC3CCCNc4ccccc43)n[nH]2)cc1. The molecule has 0 saturated heterocycles. The van der Waals surface area contributed by atoms with Gasteiger partial charge in [-0.05, 0) is 36.6 Å². The van der Waals surface area contributed by atoms with Gasteiger partial charge in [-0.3, -0.25) is 5.10 Å². The maximum Gasteiger partial charge on any atom is 0.164 e. The lowest BCUT2D eigenvalue weighted by molar-refractivity contribution is 0.296. The first kappa shape index (κ1) is 16.6. The van der Waals surface area contributed by atoms with Gasteiger partial charge in [-0.1, -0.05) is 36.4 Å². The van der Waals surface area contributed by atoms with Gasteiger partial charge in [0.05, 0.1) is 6.54 Å². The lowest BCUT2D eigenvalue weighted by atomic mass is 10.0. The van der Waals surface area contributed by atoms with Crippen LogP contribution in [0.1, 0.15) is 36.1 Å². The number of aromatic nitrogens is 3. The minimum absolute atomic E-state index is 0.309. The molecule has 1 aromatic heterocycles. The molecule has 1 unspecified atom stereocenters. The van der Waals surface area contributed by atoms with Gasteiger partial charge in [0.1, 0.15) is 12.4 Å². The van der Waals surface area contributed by atoms with Crippen LogP contribution in [0, 0.1) is 0 Å². The molecule has 2 heterocycles. The molecule has 0 radical (unpaired) electrons. The Kier molecular flexibility index (Phi) is 5.12. The van der Waals surface area contributed by atoms with Crippen molar-refractivity contribution in [2.45, 2.75) is 32.0 Å². The summed E-state index contributed by atoms with van der Waals surface area (Å²) in [5, 5.41) is 14.3. The Morgan fingerprint density at radius 1 is 1.08 bits per heavy atom. The highest BCUT2D eigenvalue weighted by atomic mass is 16.5. The van der Waals surface area contributed by atoms with E-state index < -0.39 is 0 Å². The van der Waals surface area contributed by atoms with Crippen molar-refractivity contribution in [3.05, 3.63) is 71.8 Å². The van der Waals surface area contributed by atoms with E-state index in [1.54, 1.807) is 0 Å². The van der Waals surface area contributed by atoms with E-state index in [1.165, 1.54) is 11.3 Å². The molecule has 6 nitrogen and oxygen atoms in total. The van der Waals surface area contributed by atoms with Crippen molar-refractivity contribution < 1.29 is 4.74 Å². The average molecular weight is 349 g/mol. The maximum atomic E-state index is 5.70. The van der Waals surface area contributed by atoms with Crippen LogP contribution in [0.4, 0.5) is 5.69 Å². The summed E-state index contributed by atoms with van der Waals surface area (Å²) in [5.41, 5.74) is 2.53. The zero-order valence-corrected chi connectivity index (χ0v) is 14.6. The first-order chi connectivity index (χ1) is 12.9. The molecule has 26 heavy (non-hydrogen) atoms. The zero-order chi connectivity index (χ0) is 17.6. The van der Waals surface area contributed by atoms with Crippen molar-refractivity contribution in [2.24, 2.45) is 0 Å². The fraction of sp³-hybridized carbons (Fsp3) is 0.300. The van der Waals surface area contributed by atoms with Crippen LogP contribution < -0.4 is 15.4 Å². The van der Waals surface area contributed by atoms with Crippen LogP contribution in [0.25, 0.3) is 0 Å². The summed E-state index contributed by atoms with van der Waals surface area (Å²) in [6, 6.07) is 18.5. The number of benzene rings is 2. The van der Waals surface area contributed by atoms with Gasteiger partial charge in [0.25, 0.3) is 0 Å². The number of fused-ring (bicyclic) bond motifs is 1. The molecule has 0 spiro atoms. The zero-order valence-electron chi connectivity index (χ0n) is 14.6. The molecule has 3 N–H and O–H groups in total. The number of H-pyrrole nitrogens is 1. The average Bonchev–Trinajstić information content (AvgIpc) is 3.05. The van der Waals surface area contributed by atoms with Crippen LogP contribution in [-0.2, 0) is 13.2 Å². The van der Waals surface area contributed by atoms with E-state index in [0.29, 0.717) is 19.2 Å². The van der Waals surface area contributed by atoms with Crippen molar-refractivity contribution >= 4 is 5.69 Å². The van der Waals surface area contributed by atoms with Gasteiger partial charge >= 0.3 is 0 Å². The molecule has 1 aliphatic heterocycles. The quantitative estimate of drug-likeness (QED) is 0.636. The fourth-order valence-corrected chi connectivity index (χ4v) is 3.22. The number of hydrogen-bond donors (Lipinski definition) is 3. The van der Waals surface area contributed by atoms with Crippen LogP contribution in [0.15, 0.2) is 54.6 Å². The largest absolute Gasteiger partial charge is 0.486 e. The van der Waals surface area contributed by atoms with E-state index >= 15 is 0 Å². The van der Waals surface area contributed by atoms with E-state index in [0.717, 1.165) is 36.8 Å². The first-order valence-corrected chi connectivity index (χ1v) is 9.03. The van der Waals surface area contributed by atoms with E-state index in [2.05, 4.69) is 50.1 Å². The van der Waals surface area contributed by atoms with Gasteiger partial charge in [0, 0.05) is 18.3 Å². The highest BCUT2D eigenvalue weighted by molar-refractivity contribution is 5.53. The smallest absolute Gasteiger partial charge is 0.164 e. The number of aromatic amines is 1. The summed E-state index contributed by atoms with van der Waals surface area (Å²) in [6.07, 6.45) is 2.23. The number of hydrogen-bond acceptors (Lipinski definition) is 5. The monoisotopic (exact) mass is 349 g/mol. The van der Waals surface area contributed by atoms with Gasteiger partial charge in [-0.25, -0.2) is 4.98 Å². The summed E-state index contributed by atoms with van der Waals surface area (Å²) >= 11 is 0. The second-order valence-corrected chi connectivity index (χ2v) is 6.39. The molecule has 0 saturated carbocycles. The normalized spacial score (nSPS) is 16.4. The Labute approximate surface area is 153 Å². The summed E-state index contributed by atoms with van der Waals surface area (Å²) in [6.45, 7) is 2.02. The lowest BCUT2D eigenvalue weighted by Crippen LogP contribution is -2.21. The highest BCUT2D eigenvalue weighted by Gasteiger charge is 2.18. The molecular weight excluding hydrogens is 326 g/mol. The molecule has 3 aromatic rings. The van der Waals surface area contributed by atoms with Gasteiger partial charge in [-0.2, -0.15) is 5.10 Å². The molecule has 2 aromatic carbocycles. The number of rotatable bonds is 6. The predicted molar refractivity (Wildman–Crippen MR) is 101 cm³/mol. The van der Waals surface area contributed by atoms with E-state index in [4.69, 9.17) is 4.74 Å². The van der Waals surface area contributed by atoms with Gasteiger partial charge in [0.2, 0.25) is 0 Å². The minimum Gasteiger partial charge on any atom is -0.486 e. The molecule has 6 heteroatoms. The third-order valence-electron chi connectivity index (χ3n) is 4.52. The third-order valence-corrected chi connectivity index (χ3v) is 4.52. The third kappa shape index (κ3) is 4.03. The first-order valence-electron chi connectivity index (χ1n) is 9.03. The molecule has 4 rings (SSSR count). The number of para-hydroxylation sites is 2. The summed E-state index contributed by atoms with van der Waals surface area (Å²) in [5.74, 6) is 2.31. The minimum atomic E-state index is 0.309. The van der Waals surface area contributed by atoms with Gasteiger partial charge < -0.3 is 15.4 Å². The molecule has 0 aliphatic carbocycles. The number of anilines is 1. The summed E-state index contributed by atoms with van der Waals surface area (Å²) < 4.78 is 5.70. The fourth-order valence-electron chi connectivity index (χ4n) is 3.22. The highest BCUT2D eigenvalue weighted by Crippen LogP contribution is 2.29.